The fourth-order valence-electron chi connectivity index (χ4n) is 2.71. The molecular formula is C21H19ClN4O6S. The predicted octanol–water partition coefficient (Wildman–Crippen LogP) is 4.60. The molecule has 172 valence electrons. The van der Waals surface area contributed by atoms with Crippen molar-refractivity contribution < 1.29 is 23.2 Å². The molecule has 0 heterocycles. The fraction of sp³-hybridized carbons (Fsp3) is 0.0952. The van der Waals surface area contributed by atoms with E-state index in [4.69, 9.17) is 16.3 Å². The number of phenolic OH excluding ortho intramolecular Hbond substituents is 1. The molecule has 0 fully saturated rings. The Hall–Kier alpha value is -3.83. The lowest BCUT2D eigenvalue weighted by atomic mass is 10.2. The van der Waals surface area contributed by atoms with Crippen molar-refractivity contribution in [2.75, 3.05) is 16.8 Å². The smallest absolute Gasteiger partial charge is 0.295 e. The number of nitro benzene ring substituents is 1. The van der Waals surface area contributed by atoms with Crippen LogP contribution in [-0.2, 0) is 10.0 Å². The number of benzene rings is 3. The molecule has 0 saturated carbocycles. The van der Waals surface area contributed by atoms with Crippen molar-refractivity contribution >= 4 is 44.9 Å². The molecule has 33 heavy (non-hydrogen) atoms. The highest BCUT2D eigenvalue weighted by Gasteiger charge is 2.21. The van der Waals surface area contributed by atoms with Gasteiger partial charge in [0.2, 0.25) is 0 Å². The first-order chi connectivity index (χ1) is 15.7. The molecule has 0 saturated heterocycles. The Kier molecular flexibility index (Phi) is 7.36. The average molecular weight is 491 g/mol. The van der Waals surface area contributed by atoms with Crippen LogP contribution in [0, 0.1) is 10.1 Å². The highest BCUT2D eigenvalue weighted by atomic mass is 35.5. The normalized spacial score (nSPS) is 11.3. The van der Waals surface area contributed by atoms with E-state index < -0.39 is 20.6 Å². The summed E-state index contributed by atoms with van der Waals surface area (Å²) in [5.74, 6) is 0.247. The van der Waals surface area contributed by atoms with Crippen LogP contribution in [0.3, 0.4) is 0 Å². The van der Waals surface area contributed by atoms with Gasteiger partial charge >= 0.3 is 0 Å². The zero-order chi connectivity index (χ0) is 24.0. The van der Waals surface area contributed by atoms with Gasteiger partial charge in [-0.05, 0) is 67.1 Å². The van der Waals surface area contributed by atoms with Gasteiger partial charge < -0.3 is 9.84 Å². The van der Waals surface area contributed by atoms with Gasteiger partial charge in [0, 0.05) is 16.8 Å². The number of aromatic hydroxyl groups is 1. The first kappa shape index (κ1) is 23.8. The van der Waals surface area contributed by atoms with Gasteiger partial charge in [0.1, 0.15) is 5.69 Å². The van der Waals surface area contributed by atoms with Gasteiger partial charge in [0.05, 0.1) is 22.6 Å². The first-order valence-corrected chi connectivity index (χ1v) is 11.4. The number of nitro groups is 1. The van der Waals surface area contributed by atoms with Crippen molar-refractivity contribution in [2.24, 2.45) is 5.10 Å². The number of nitrogens with one attached hydrogen (secondary N) is 2. The fourth-order valence-corrected chi connectivity index (χ4v) is 3.92. The summed E-state index contributed by atoms with van der Waals surface area (Å²) in [7, 11) is -4.08. The Bertz CT molecular complexity index is 1300. The molecule has 0 aromatic heterocycles. The number of hydrogen-bond donors (Lipinski definition) is 3. The van der Waals surface area contributed by atoms with E-state index in [0.717, 1.165) is 6.07 Å². The summed E-state index contributed by atoms with van der Waals surface area (Å²) in [6.07, 6.45) is 1.37. The highest BCUT2D eigenvalue weighted by Crippen LogP contribution is 2.29. The Morgan fingerprint density at radius 1 is 1.15 bits per heavy atom. The lowest BCUT2D eigenvalue weighted by Gasteiger charge is -2.09. The number of halogens is 1. The lowest BCUT2D eigenvalue weighted by molar-refractivity contribution is -0.384. The van der Waals surface area contributed by atoms with E-state index in [-0.39, 0.29) is 27.8 Å². The number of nitrogens with zero attached hydrogens (tertiary/aromatic N) is 2. The maximum atomic E-state index is 12.6. The van der Waals surface area contributed by atoms with E-state index in [1.807, 2.05) is 0 Å². The van der Waals surface area contributed by atoms with E-state index in [0.29, 0.717) is 17.2 Å². The van der Waals surface area contributed by atoms with Crippen LogP contribution in [0.25, 0.3) is 0 Å². The molecule has 3 N–H and O–H groups in total. The minimum absolute atomic E-state index is 0.00879. The van der Waals surface area contributed by atoms with Gasteiger partial charge in [-0.15, -0.1) is 0 Å². The molecule has 0 unspecified atom stereocenters. The van der Waals surface area contributed by atoms with Crippen molar-refractivity contribution in [3.63, 3.8) is 0 Å². The molecule has 3 rings (SSSR count). The third kappa shape index (κ3) is 6.11. The van der Waals surface area contributed by atoms with Gasteiger partial charge in [-0.1, -0.05) is 11.6 Å². The van der Waals surface area contributed by atoms with Crippen LogP contribution in [0.15, 0.2) is 70.7 Å². The Morgan fingerprint density at radius 3 is 2.55 bits per heavy atom. The topological polar surface area (TPSA) is 143 Å². The summed E-state index contributed by atoms with van der Waals surface area (Å²) in [5, 5.41) is 25.7. The van der Waals surface area contributed by atoms with Crippen LogP contribution in [0.5, 0.6) is 11.5 Å². The SMILES string of the molecule is CCOc1cc(/C=N/Nc2ccc(S(=O)(=O)Nc3ccc(Cl)cc3)cc2[N+](=O)[O-])ccc1O. The molecule has 0 aliphatic carbocycles. The van der Waals surface area contributed by atoms with Crippen LogP contribution in [0.4, 0.5) is 17.1 Å². The van der Waals surface area contributed by atoms with E-state index in [1.165, 1.54) is 48.7 Å². The van der Waals surface area contributed by atoms with E-state index >= 15 is 0 Å². The molecule has 0 spiro atoms. The quantitative estimate of drug-likeness (QED) is 0.226. The third-order valence-corrected chi connectivity index (χ3v) is 5.89. The largest absolute Gasteiger partial charge is 0.504 e. The molecule has 0 atom stereocenters. The molecule has 0 bridgehead atoms. The van der Waals surface area contributed by atoms with Crippen LogP contribution < -0.4 is 14.9 Å². The van der Waals surface area contributed by atoms with Crippen LogP contribution in [-0.4, -0.2) is 31.3 Å². The van der Waals surface area contributed by atoms with Crippen molar-refractivity contribution in [2.45, 2.75) is 11.8 Å². The van der Waals surface area contributed by atoms with Crippen LogP contribution in [0.2, 0.25) is 5.02 Å². The van der Waals surface area contributed by atoms with Gasteiger partial charge in [-0.25, -0.2) is 8.42 Å². The number of sulfonamides is 1. The number of phenols is 1. The number of rotatable bonds is 9. The average Bonchev–Trinajstić information content (AvgIpc) is 2.77. The third-order valence-electron chi connectivity index (χ3n) is 4.25. The molecular weight excluding hydrogens is 472 g/mol. The van der Waals surface area contributed by atoms with Crippen LogP contribution in [0.1, 0.15) is 12.5 Å². The number of anilines is 2. The summed E-state index contributed by atoms with van der Waals surface area (Å²) < 4.78 is 32.9. The second kappa shape index (κ2) is 10.2. The highest BCUT2D eigenvalue weighted by molar-refractivity contribution is 7.92. The summed E-state index contributed by atoms with van der Waals surface area (Å²) in [4.78, 5) is 10.5. The number of hydrazone groups is 1. The van der Waals surface area contributed by atoms with Gasteiger partial charge in [-0.3, -0.25) is 20.3 Å². The van der Waals surface area contributed by atoms with E-state index in [1.54, 1.807) is 19.1 Å². The zero-order valence-electron chi connectivity index (χ0n) is 17.2. The molecule has 0 radical (unpaired) electrons. The van der Waals surface area contributed by atoms with Gasteiger partial charge in [0.15, 0.2) is 11.5 Å². The zero-order valence-corrected chi connectivity index (χ0v) is 18.8. The molecule has 12 heteroatoms. The van der Waals surface area contributed by atoms with Crippen molar-refractivity contribution in [3.8, 4) is 11.5 Å². The standard InChI is InChI=1S/C21H19ClN4O6S/c1-2-32-21-11-14(3-10-20(21)27)13-23-24-18-9-8-17(12-19(18)26(28)29)33(30,31)25-16-6-4-15(22)5-7-16/h3-13,24-25,27H,2H2,1H3/b23-13+. The maximum absolute atomic E-state index is 12.6. The van der Waals surface area contributed by atoms with Crippen molar-refractivity contribution in [3.05, 3.63) is 81.4 Å². The molecule has 3 aromatic carbocycles. The van der Waals surface area contributed by atoms with Crippen LogP contribution >= 0.6 is 11.6 Å². The molecule has 0 amide bonds. The molecule has 0 aliphatic rings. The van der Waals surface area contributed by atoms with Gasteiger partial charge in [0.25, 0.3) is 15.7 Å². The maximum Gasteiger partial charge on any atom is 0.295 e. The van der Waals surface area contributed by atoms with Crippen molar-refractivity contribution in [1.29, 1.82) is 0 Å². The summed E-state index contributed by atoms with van der Waals surface area (Å²) >= 11 is 5.79. The summed E-state index contributed by atoms with van der Waals surface area (Å²) in [6.45, 7) is 2.14. The monoisotopic (exact) mass is 490 g/mol. The summed E-state index contributed by atoms with van der Waals surface area (Å²) in [5.41, 5.74) is 2.88. The summed E-state index contributed by atoms with van der Waals surface area (Å²) in [6, 6.07) is 13.9. The molecule has 3 aromatic rings. The second-order valence-electron chi connectivity index (χ2n) is 6.58. The Balaban J connectivity index is 1.81. The predicted molar refractivity (Wildman–Crippen MR) is 126 cm³/mol. The van der Waals surface area contributed by atoms with E-state index in [2.05, 4.69) is 15.2 Å². The Morgan fingerprint density at radius 2 is 1.88 bits per heavy atom. The lowest BCUT2D eigenvalue weighted by Crippen LogP contribution is -2.13. The number of hydrogen-bond acceptors (Lipinski definition) is 8. The van der Waals surface area contributed by atoms with Crippen molar-refractivity contribution in [1.82, 2.24) is 0 Å². The molecule has 10 nitrogen and oxygen atoms in total. The van der Waals surface area contributed by atoms with Gasteiger partial charge in [-0.2, -0.15) is 5.10 Å². The minimum Gasteiger partial charge on any atom is -0.504 e. The van der Waals surface area contributed by atoms with E-state index in [9.17, 15) is 23.6 Å². The first-order valence-electron chi connectivity index (χ1n) is 9.51. The molecule has 0 aliphatic heterocycles. The Labute approximate surface area is 194 Å². The number of ether oxygens (including phenoxy) is 1. The minimum atomic E-state index is -4.08. The second-order valence-corrected chi connectivity index (χ2v) is 8.70.